The number of hydrogen-bond acceptors (Lipinski definition) is 4. The predicted octanol–water partition coefficient (Wildman–Crippen LogP) is 1.53. The second-order valence-corrected chi connectivity index (χ2v) is 6.37. The minimum atomic E-state index is 0.0400. The molecule has 0 saturated heterocycles. The molecule has 0 aromatic carbocycles. The summed E-state index contributed by atoms with van der Waals surface area (Å²) < 4.78 is 2.13. The highest BCUT2D eigenvalue weighted by Gasteiger charge is 2.55. The fourth-order valence-electron chi connectivity index (χ4n) is 4.17. The summed E-state index contributed by atoms with van der Waals surface area (Å²) in [5, 5.41) is 0. The van der Waals surface area contributed by atoms with Crippen LogP contribution in [0.2, 0.25) is 0 Å². The second-order valence-electron chi connectivity index (χ2n) is 6.37. The molecule has 0 unspecified atom stereocenters. The average Bonchev–Trinajstić information content (AvgIpc) is 3.00. The van der Waals surface area contributed by atoms with Crippen molar-refractivity contribution in [1.82, 2.24) is 14.4 Å². The van der Waals surface area contributed by atoms with Crippen LogP contribution < -0.4 is 11.5 Å². The number of aromatic nitrogens is 3. The Balaban J connectivity index is 1.96. The minimum Gasteiger partial charge on any atom is -0.382 e. The monoisotopic (exact) mass is 257 g/mol. The maximum absolute atomic E-state index is 6.43. The number of nitrogens with two attached hydrogens (primary N) is 2. The summed E-state index contributed by atoms with van der Waals surface area (Å²) >= 11 is 0. The largest absolute Gasteiger partial charge is 0.382 e. The standard InChI is InChI=1S/C14H19N5/c1-9-10-11(15)17-6-7-19(10)12(18-9)13-2-4-14(16,8-13)5-3-13/h6-7H,2-5,8,16H2,1H3,(H2,15,17). The summed E-state index contributed by atoms with van der Waals surface area (Å²) in [6, 6.07) is 0. The Hall–Kier alpha value is -1.62. The molecule has 4 rings (SSSR count). The van der Waals surface area contributed by atoms with Crippen molar-refractivity contribution in [2.75, 3.05) is 5.73 Å². The molecule has 0 aliphatic heterocycles. The molecule has 2 fully saturated rings. The van der Waals surface area contributed by atoms with Crippen LogP contribution >= 0.6 is 0 Å². The molecule has 2 saturated carbocycles. The van der Waals surface area contributed by atoms with E-state index in [0.717, 1.165) is 49.1 Å². The zero-order chi connectivity index (χ0) is 13.3. The number of anilines is 1. The van der Waals surface area contributed by atoms with Crippen LogP contribution in [-0.2, 0) is 5.41 Å². The number of fused-ring (bicyclic) bond motifs is 3. The van der Waals surface area contributed by atoms with Crippen molar-refractivity contribution in [1.29, 1.82) is 0 Å². The van der Waals surface area contributed by atoms with Gasteiger partial charge in [-0.05, 0) is 39.0 Å². The van der Waals surface area contributed by atoms with Gasteiger partial charge in [-0.3, -0.25) is 4.40 Å². The molecule has 4 N–H and O–H groups in total. The molecule has 2 heterocycles. The number of imidazole rings is 1. The highest BCUT2D eigenvalue weighted by molar-refractivity contribution is 5.69. The normalized spacial score (nSPS) is 33.4. The van der Waals surface area contributed by atoms with Crippen molar-refractivity contribution in [2.24, 2.45) is 5.73 Å². The van der Waals surface area contributed by atoms with E-state index in [1.807, 2.05) is 13.1 Å². The smallest absolute Gasteiger partial charge is 0.149 e. The molecule has 0 atom stereocenters. The van der Waals surface area contributed by atoms with E-state index < -0.39 is 0 Å². The Morgan fingerprint density at radius 3 is 2.63 bits per heavy atom. The SMILES string of the molecule is Cc1nc(C23CCC(N)(CC2)C3)n2ccnc(N)c12. The van der Waals surface area contributed by atoms with E-state index in [1.54, 1.807) is 6.20 Å². The van der Waals surface area contributed by atoms with E-state index in [1.165, 1.54) is 0 Å². The third-order valence-corrected chi connectivity index (χ3v) is 5.13. The lowest BCUT2D eigenvalue weighted by molar-refractivity contribution is 0.381. The van der Waals surface area contributed by atoms with Crippen molar-refractivity contribution in [3.05, 3.63) is 23.9 Å². The molecule has 0 amide bonds. The predicted molar refractivity (Wildman–Crippen MR) is 73.8 cm³/mol. The molecule has 0 spiro atoms. The van der Waals surface area contributed by atoms with Crippen LogP contribution in [0.4, 0.5) is 5.82 Å². The Morgan fingerprint density at radius 1 is 1.26 bits per heavy atom. The van der Waals surface area contributed by atoms with Gasteiger partial charge in [-0.2, -0.15) is 0 Å². The molecule has 2 aliphatic carbocycles. The summed E-state index contributed by atoms with van der Waals surface area (Å²) in [6.45, 7) is 2.01. The third-order valence-electron chi connectivity index (χ3n) is 5.13. The van der Waals surface area contributed by atoms with Crippen molar-refractivity contribution < 1.29 is 0 Å². The molecule has 2 aromatic heterocycles. The molecule has 100 valence electrons. The first-order valence-electron chi connectivity index (χ1n) is 6.92. The van der Waals surface area contributed by atoms with Crippen molar-refractivity contribution in [3.63, 3.8) is 0 Å². The zero-order valence-electron chi connectivity index (χ0n) is 11.2. The van der Waals surface area contributed by atoms with Crippen LogP contribution in [0.1, 0.15) is 43.6 Å². The summed E-state index contributed by atoms with van der Waals surface area (Å²) in [6.07, 6.45) is 9.30. The molecular weight excluding hydrogens is 238 g/mol. The number of nitrogen functional groups attached to an aromatic ring is 1. The van der Waals surface area contributed by atoms with Gasteiger partial charge in [-0.15, -0.1) is 0 Å². The van der Waals surface area contributed by atoms with E-state index in [4.69, 9.17) is 16.5 Å². The van der Waals surface area contributed by atoms with Crippen LogP contribution in [0.3, 0.4) is 0 Å². The van der Waals surface area contributed by atoms with Crippen molar-refractivity contribution in [3.8, 4) is 0 Å². The first-order chi connectivity index (χ1) is 9.03. The van der Waals surface area contributed by atoms with Gasteiger partial charge in [0, 0.05) is 23.3 Å². The topological polar surface area (TPSA) is 82.2 Å². The molecule has 5 heteroatoms. The van der Waals surface area contributed by atoms with Gasteiger partial charge in [0.25, 0.3) is 0 Å². The number of aryl methyl sites for hydroxylation is 1. The Morgan fingerprint density at radius 2 is 2.00 bits per heavy atom. The lowest BCUT2D eigenvalue weighted by Gasteiger charge is -2.25. The Labute approximate surface area is 112 Å². The van der Waals surface area contributed by atoms with E-state index in [2.05, 4.69) is 9.38 Å². The van der Waals surface area contributed by atoms with Crippen LogP contribution in [0.25, 0.3) is 5.52 Å². The summed E-state index contributed by atoms with van der Waals surface area (Å²) in [5.41, 5.74) is 14.5. The molecule has 2 aromatic rings. The molecule has 5 nitrogen and oxygen atoms in total. The first-order valence-corrected chi connectivity index (χ1v) is 6.92. The minimum absolute atomic E-state index is 0.0400. The van der Waals surface area contributed by atoms with Gasteiger partial charge >= 0.3 is 0 Å². The quantitative estimate of drug-likeness (QED) is 0.811. The maximum Gasteiger partial charge on any atom is 0.149 e. The average molecular weight is 257 g/mol. The highest BCUT2D eigenvalue weighted by atomic mass is 15.1. The lowest BCUT2D eigenvalue weighted by atomic mass is 9.83. The van der Waals surface area contributed by atoms with Crippen LogP contribution in [0.5, 0.6) is 0 Å². The number of hydrogen-bond donors (Lipinski definition) is 2. The highest BCUT2D eigenvalue weighted by Crippen LogP contribution is 2.56. The van der Waals surface area contributed by atoms with E-state index in [0.29, 0.717) is 5.82 Å². The molecule has 19 heavy (non-hydrogen) atoms. The van der Waals surface area contributed by atoms with Crippen LogP contribution in [-0.4, -0.2) is 19.9 Å². The fourth-order valence-corrected chi connectivity index (χ4v) is 4.17. The van der Waals surface area contributed by atoms with Gasteiger partial charge in [-0.1, -0.05) is 0 Å². The van der Waals surface area contributed by atoms with Gasteiger partial charge in [0.1, 0.15) is 17.2 Å². The molecular formula is C14H19N5. The Kier molecular flexibility index (Phi) is 1.94. The summed E-state index contributed by atoms with van der Waals surface area (Å²) in [4.78, 5) is 8.99. The lowest BCUT2D eigenvalue weighted by Crippen LogP contribution is -2.33. The van der Waals surface area contributed by atoms with Gasteiger partial charge in [-0.25, -0.2) is 9.97 Å². The molecule has 0 radical (unpaired) electrons. The summed E-state index contributed by atoms with van der Waals surface area (Å²) in [5.74, 6) is 1.70. The molecule has 2 bridgehead atoms. The van der Waals surface area contributed by atoms with Gasteiger partial charge in [0.05, 0.1) is 5.69 Å². The first kappa shape index (κ1) is 11.2. The van der Waals surface area contributed by atoms with E-state index >= 15 is 0 Å². The number of rotatable bonds is 1. The van der Waals surface area contributed by atoms with E-state index in [9.17, 15) is 0 Å². The van der Waals surface area contributed by atoms with Gasteiger partial charge in [0.2, 0.25) is 0 Å². The van der Waals surface area contributed by atoms with E-state index in [-0.39, 0.29) is 11.0 Å². The van der Waals surface area contributed by atoms with Crippen LogP contribution in [0.15, 0.2) is 12.4 Å². The van der Waals surface area contributed by atoms with Crippen molar-refractivity contribution in [2.45, 2.75) is 50.0 Å². The number of nitrogens with zero attached hydrogens (tertiary/aromatic N) is 3. The zero-order valence-corrected chi connectivity index (χ0v) is 11.2. The third kappa shape index (κ3) is 1.33. The maximum atomic E-state index is 6.43. The van der Waals surface area contributed by atoms with Gasteiger partial charge < -0.3 is 11.5 Å². The van der Waals surface area contributed by atoms with Crippen molar-refractivity contribution >= 4 is 11.3 Å². The fraction of sp³-hybridized carbons (Fsp3) is 0.571. The summed E-state index contributed by atoms with van der Waals surface area (Å²) in [7, 11) is 0. The Bertz CT molecular complexity index is 664. The second kappa shape index (κ2) is 3.28. The van der Waals surface area contributed by atoms with Gasteiger partial charge in [0.15, 0.2) is 0 Å². The van der Waals surface area contributed by atoms with Crippen LogP contribution in [0, 0.1) is 6.92 Å². The molecule has 2 aliphatic rings.